The number of nitrogens with two attached hydrogens (primary N) is 1. The monoisotopic (exact) mass is 989 g/mol. The molecule has 0 bridgehead atoms. The number of aryl methyl sites for hydroxylation is 1. The second kappa shape index (κ2) is 20.7. The standard InChI is InChI=1S/C50H59F4N9O8/c1-8-61(9-2)18-19-62(46(67)41-27(3)37(56-28(41)4)24-35-34-22-29(51)10-17-36(34)58-45(35)66)48(69)70-21-20-60(7)47(68)71-32-14-11-30(12-15-32)57-38-23-31(13-16-33(38)44(55)65)63-39-25-49(5,6)26-40(64)42(39)43(59-63)50(52,53)54/h10,13,16-17,22-24,30,32,56-57H,8-9,11-12,14-15,18-21,25-26H2,1-7H3,(H2,55,65)(H,58,66)/b35-24-/t30-,32-. The summed E-state index contributed by atoms with van der Waals surface area (Å²) in [4.78, 5) is 87.0. The quantitative estimate of drug-likeness (QED) is 0.0659. The second-order valence-electron chi connectivity index (χ2n) is 19.0. The Morgan fingerprint density at radius 1 is 0.972 bits per heavy atom. The number of likely N-dealkylation sites (N-methyl/N-ethyl adjacent to an activating group) is 2. The number of imide groups is 1. The molecule has 0 radical (unpaired) electrons. The molecular formula is C50H59F4N9O8. The molecule has 1 fully saturated rings. The molecule has 4 aromatic rings. The predicted molar refractivity (Wildman–Crippen MR) is 256 cm³/mol. The minimum absolute atomic E-state index is 0.00482. The Balaban J connectivity index is 0.958. The number of carbonyl (C=O) groups is 6. The first kappa shape index (κ1) is 51.8. The summed E-state index contributed by atoms with van der Waals surface area (Å²) in [7, 11) is 1.48. The SMILES string of the molecule is CCN(CC)CCN(C(=O)OCCN(C)C(=O)O[C@H]1CC[C@H](Nc2cc(-n3nc(C(F)(F)F)c4c3CC(C)(C)CC4=O)ccc2C(N)=O)CC1)C(=O)c1c(C)[nH]c(/C=C2\C(=O)Nc3ccc(F)cc32)c1C. The van der Waals surface area contributed by atoms with Crippen LogP contribution in [0.3, 0.4) is 0 Å². The summed E-state index contributed by atoms with van der Waals surface area (Å²) >= 11 is 0. The van der Waals surface area contributed by atoms with Crippen molar-refractivity contribution in [2.75, 3.05) is 57.0 Å². The van der Waals surface area contributed by atoms with E-state index in [0.29, 0.717) is 73.5 Å². The Morgan fingerprint density at radius 3 is 2.34 bits per heavy atom. The van der Waals surface area contributed by atoms with Crippen molar-refractivity contribution >= 4 is 58.7 Å². The van der Waals surface area contributed by atoms with Gasteiger partial charge < -0.3 is 40.6 Å². The van der Waals surface area contributed by atoms with E-state index in [1.807, 2.05) is 18.7 Å². The molecule has 2 aromatic carbocycles. The Bertz CT molecular complexity index is 2790. The van der Waals surface area contributed by atoms with E-state index in [4.69, 9.17) is 15.2 Å². The molecular weight excluding hydrogens is 931 g/mol. The van der Waals surface area contributed by atoms with Gasteiger partial charge in [0.25, 0.3) is 17.7 Å². The Hall–Kier alpha value is -7.03. The number of hydrogen-bond acceptors (Lipinski definition) is 11. The first-order chi connectivity index (χ1) is 33.5. The Morgan fingerprint density at radius 2 is 1.68 bits per heavy atom. The number of ketones is 1. The van der Waals surface area contributed by atoms with E-state index in [1.54, 1.807) is 33.8 Å². The van der Waals surface area contributed by atoms with Gasteiger partial charge in [-0.15, -0.1) is 0 Å². The van der Waals surface area contributed by atoms with E-state index in [0.717, 1.165) is 9.58 Å². The number of aromatic nitrogens is 3. The van der Waals surface area contributed by atoms with Crippen LogP contribution < -0.4 is 16.4 Å². The molecule has 5 N–H and O–H groups in total. The molecule has 7 rings (SSSR count). The number of alkyl halides is 3. The summed E-state index contributed by atoms with van der Waals surface area (Å²) in [5.41, 5.74) is 6.71. The van der Waals surface area contributed by atoms with Crippen molar-refractivity contribution in [3.8, 4) is 5.69 Å². The number of anilines is 2. The molecule has 0 unspecified atom stereocenters. The summed E-state index contributed by atoms with van der Waals surface area (Å²) in [6.45, 7) is 12.2. The second-order valence-corrected chi connectivity index (χ2v) is 19.0. The van der Waals surface area contributed by atoms with Crippen molar-refractivity contribution in [2.24, 2.45) is 11.1 Å². The van der Waals surface area contributed by atoms with Gasteiger partial charge in [-0.25, -0.2) is 23.6 Å². The van der Waals surface area contributed by atoms with Gasteiger partial charge in [-0.3, -0.25) is 19.2 Å². The van der Waals surface area contributed by atoms with Crippen LogP contribution in [-0.4, -0.2) is 124 Å². The van der Waals surface area contributed by atoms with Crippen molar-refractivity contribution in [1.29, 1.82) is 0 Å². The number of fused-ring (bicyclic) bond motifs is 2. The van der Waals surface area contributed by atoms with Crippen LogP contribution in [0.2, 0.25) is 0 Å². The lowest BCUT2D eigenvalue weighted by Gasteiger charge is -2.31. The van der Waals surface area contributed by atoms with Gasteiger partial charge >= 0.3 is 18.4 Å². The van der Waals surface area contributed by atoms with Crippen LogP contribution in [0.4, 0.5) is 38.5 Å². The first-order valence-corrected chi connectivity index (χ1v) is 23.6. The fraction of sp³-hybridized carbons (Fsp3) is 0.460. The number of carbonyl (C=O) groups excluding carboxylic acids is 6. The molecule has 1 saturated carbocycles. The average Bonchev–Trinajstić information content (AvgIpc) is 3.94. The number of ether oxygens (including phenoxy) is 2. The fourth-order valence-electron chi connectivity index (χ4n) is 9.45. The molecule has 71 heavy (non-hydrogen) atoms. The van der Waals surface area contributed by atoms with Crippen molar-refractivity contribution in [1.82, 2.24) is 29.5 Å². The third kappa shape index (κ3) is 11.3. The van der Waals surface area contributed by atoms with Crippen molar-refractivity contribution in [2.45, 2.75) is 98.4 Å². The lowest BCUT2D eigenvalue weighted by molar-refractivity contribution is -0.141. The summed E-state index contributed by atoms with van der Waals surface area (Å²) in [6.07, 6.45) is -3.47. The third-order valence-electron chi connectivity index (χ3n) is 13.3. The summed E-state index contributed by atoms with van der Waals surface area (Å²) in [5, 5.41) is 9.89. The average molecular weight is 990 g/mol. The Labute approximate surface area is 408 Å². The largest absolute Gasteiger partial charge is 0.447 e. The van der Waals surface area contributed by atoms with Crippen molar-refractivity contribution < 1.29 is 55.8 Å². The number of Topliss-reactive ketones (excluding diaryl/α,β-unsaturated/α-hetero) is 1. The number of aromatic amines is 1. The molecule has 0 spiro atoms. The highest BCUT2D eigenvalue weighted by molar-refractivity contribution is 6.35. The number of hydrogen-bond donors (Lipinski definition) is 4. The zero-order valence-electron chi connectivity index (χ0n) is 40.8. The summed E-state index contributed by atoms with van der Waals surface area (Å²) < 4.78 is 69.1. The molecule has 5 amide bonds. The highest BCUT2D eigenvalue weighted by atomic mass is 19.4. The molecule has 3 heterocycles. The van der Waals surface area contributed by atoms with Crippen LogP contribution in [0.5, 0.6) is 0 Å². The van der Waals surface area contributed by atoms with E-state index < -0.39 is 70.5 Å². The third-order valence-corrected chi connectivity index (χ3v) is 13.3. The molecule has 3 aliphatic rings. The normalized spacial score (nSPS) is 17.9. The van der Waals surface area contributed by atoms with Gasteiger partial charge in [0.15, 0.2) is 11.5 Å². The number of H-pyrrole nitrogens is 1. The summed E-state index contributed by atoms with van der Waals surface area (Å²) in [6, 6.07) is 8.07. The van der Waals surface area contributed by atoms with Gasteiger partial charge in [-0.1, -0.05) is 27.7 Å². The van der Waals surface area contributed by atoms with Crippen LogP contribution in [0.15, 0.2) is 36.4 Å². The van der Waals surface area contributed by atoms with E-state index >= 15 is 0 Å². The molecule has 380 valence electrons. The van der Waals surface area contributed by atoms with Crippen molar-refractivity contribution in [3.63, 3.8) is 0 Å². The fourth-order valence-corrected chi connectivity index (χ4v) is 9.45. The zero-order valence-corrected chi connectivity index (χ0v) is 40.8. The van der Waals surface area contributed by atoms with Gasteiger partial charge in [-0.2, -0.15) is 18.3 Å². The maximum absolute atomic E-state index is 14.2. The number of halogens is 4. The zero-order chi connectivity index (χ0) is 51.7. The number of nitrogens with zero attached hydrogens (tertiary/aromatic N) is 5. The Kier molecular flexibility index (Phi) is 15.1. The van der Waals surface area contributed by atoms with Gasteiger partial charge in [0, 0.05) is 60.9 Å². The minimum Gasteiger partial charge on any atom is -0.447 e. The van der Waals surface area contributed by atoms with Crippen molar-refractivity contribution in [3.05, 3.63) is 92.8 Å². The topological polar surface area (TPSA) is 214 Å². The molecule has 1 aliphatic heterocycles. The van der Waals surface area contributed by atoms with Crippen LogP contribution in [0.25, 0.3) is 17.3 Å². The molecule has 21 heteroatoms. The highest BCUT2D eigenvalue weighted by Crippen LogP contribution is 2.42. The molecule has 17 nitrogen and oxygen atoms in total. The summed E-state index contributed by atoms with van der Waals surface area (Å²) in [5.74, 6) is -2.98. The number of nitrogens with one attached hydrogen (secondary N) is 3. The van der Waals surface area contributed by atoms with Crippen LogP contribution in [-0.2, 0) is 26.9 Å². The van der Waals surface area contributed by atoms with Crippen LogP contribution in [0.1, 0.15) is 125 Å². The smallest absolute Gasteiger partial charge is 0.435 e. The van der Waals surface area contributed by atoms with Crippen LogP contribution in [0, 0.1) is 25.1 Å². The van der Waals surface area contributed by atoms with E-state index in [-0.39, 0.29) is 72.3 Å². The lowest BCUT2D eigenvalue weighted by Crippen LogP contribution is -2.44. The van der Waals surface area contributed by atoms with Gasteiger partial charge in [0.05, 0.1) is 40.2 Å². The maximum atomic E-state index is 14.2. The predicted octanol–water partition coefficient (Wildman–Crippen LogP) is 8.13. The number of benzene rings is 2. The molecule has 0 atom stereocenters. The molecule has 2 aromatic heterocycles. The minimum atomic E-state index is -4.87. The number of rotatable bonds is 15. The van der Waals surface area contributed by atoms with E-state index in [1.165, 1.54) is 48.3 Å². The van der Waals surface area contributed by atoms with Gasteiger partial charge in [0.1, 0.15) is 18.5 Å². The van der Waals surface area contributed by atoms with E-state index in [2.05, 4.69) is 20.7 Å². The van der Waals surface area contributed by atoms with Crippen LogP contribution >= 0.6 is 0 Å². The maximum Gasteiger partial charge on any atom is 0.435 e. The molecule has 0 saturated heterocycles. The highest BCUT2D eigenvalue weighted by Gasteiger charge is 2.45. The number of primary amides is 1. The van der Waals surface area contributed by atoms with E-state index in [9.17, 15) is 46.3 Å². The molecule has 2 aliphatic carbocycles. The lowest BCUT2D eigenvalue weighted by atomic mass is 9.75. The number of amides is 5. The van der Waals surface area contributed by atoms with Gasteiger partial charge in [0.2, 0.25) is 0 Å². The van der Waals surface area contributed by atoms with Gasteiger partial charge in [-0.05, 0) is 112 Å². The first-order valence-electron chi connectivity index (χ1n) is 23.6.